The van der Waals surface area contributed by atoms with Gasteiger partial charge in [0, 0.05) is 18.2 Å². The minimum Gasteiger partial charge on any atom is -0.447 e. The van der Waals surface area contributed by atoms with Crippen molar-refractivity contribution in [3.05, 3.63) is 59.2 Å². The van der Waals surface area contributed by atoms with Crippen LogP contribution in [0.25, 0.3) is 11.3 Å². The summed E-state index contributed by atoms with van der Waals surface area (Å²) in [4.78, 5) is 18.7. The Labute approximate surface area is 195 Å². The van der Waals surface area contributed by atoms with Crippen LogP contribution in [0.15, 0.2) is 41.6 Å². The lowest BCUT2D eigenvalue weighted by Crippen LogP contribution is -2.36. The number of aryl methyl sites for hydroxylation is 1. The van der Waals surface area contributed by atoms with Crippen LogP contribution in [0.2, 0.25) is 0 Å². The van der Waals surface area contributed by atoms with Crippen molar-refractivity contribution in [2.45, 2.75) is 45.5 Å². The second kappa shape index (κ2) is 9.43. The van der Waals surface area contributed by atoms with Crippen LogP contribution < -0.4 is 9.64 Å². The van der Waals surface area contributed by atoms with Gasteiger partial charge in [0.2, 0.25) is 23.2 Å². The van der Waals surface area contributed by atoms with Crippen LogP contribution in [0.5, 0.6) is 5.88 Å². The molecule has 0 aliphatic carbocycles. The summed E-state index contributed by atoms with van der Waals surface area (Å²) in [7, 11) is 0. The Balaban J connectivity index is 1.94. The summed E-state index contributed by atoms with van der Waals surface area (Å²) >= 11 is 1.43. The van der Waals surface area contributed by atoms with Crippen LogP contribution in [-0.2, 0) is 11.2 Å². The topological polar surface area (TPSA) is 68.2 Å². The maximum Gasteiger partial charge on any atom is 0.247 e. The average Bonchev–Trinajstić information content (AvgIpc) is 2.93. The molecule has 0 radical (unpaired) electrons. The first-order valence-corrected chi connectivity index (χ1v) is 11.7. The highest BCUT2D eigenvalue weighted by molar-refractivity contribution is 7.99. The molecule has 1 atom stereocenters. The van der Waals surface area contributed by atoms with Crippen molar-refractivity contribution < 1.29 is 18.3 Å². The third-order valence-corrected chi connectivity index (χ3v) is 6.47. The molecular formula is C24H24F2N4O2S. The van der Waals surface area contributed by atoms with Crippen LogP contribution in [0.3, 0.4) is 0 Å². The van der Waals surface area contributed by atoms with Gasteiger partial charge < -0.3 is 4.74 Å². The number of hydrogen-bond acceptors (Lipinski definition) is 6. The highest BCUT2D eigenvalue weighted by Crippen LogP contribution is 2.44. The fraction of sp³-hybridized carbons (Fsp3) is 0.333. The SMILES string of the molecule is CCc1ccc2c(c1)-c1nnc(SCC(C)C)nc1OC(c1cccc(F)c1F)N2C(C)=O. The number of anilines is 1. The quantitative estimate of drug-likeness (QED) is 0.454. The number of carbonyl (C=O) groups excluding carboxylic acids is 1. The van der Waals surface area contributed by atoms with E-state index in [1.54, 1.807) is 6.07 Å². The standard InChI is InChI=1S/C24H24F2N4O2S/c1-5-15-9-10-19-17(11-15)21-22(27-24(29-28-21)33-12-13(2)3)32-23(30(19)14(4)31)16-7-6-8-18(25)20(16)26/h6-11,13,23H,5,12H2,1-4H3. The molecule has 9 heteroatoms. The molecule has 3 aromatic rings. The number of amides is 1. The molecule has 0 saturated carbocycles. The Hall–Kier alpha value is -3.07. The third kappa shape index (κ3) is 4.55. The maximum absolute atomic E-state index is 14.9. The Morgan fingerprint density at radius 3 is 2.70 bits per heavy atom. The summed E-state index contributed by atoms with van der Waals surface area (Å²) in [6.45, 7) is 7.52. The van der Waals surface area contributed by atoms with Crippen molar-refractivity contribution in [2.24, 2.45) is 5.92 Å². The minimum atomic E-state index is -1.27. The number of hydrogen-bond donors (Lipinski definition) is 0. The van der Waals surface area contributed by atoms with Gasteiger partial charge in [0.1, 0.15) is 0 Å². The van der Waals surface area contributed by atoms with E-state index in [9.17, 15) is 13.6 Å². The molecule has 6 nitrogen and oxygen atoms in total. The van der Waals surface area contributed by atoms with Gasteiger partial charge in [-0.1, -0.05) is 50.7 Å². The molecule has 0 spiro atoms. The zero-order valence-corrected chi connectivity index (χ0v) is 19.6. The molecule has 0 saturated heterocycles. The average molecular weight is 471 g/mol. The largest absolute Gasteiger partial charge is 0.447 e. The van der Waals surface area contributed by atoms with E-state index in [1.807, 2.05) is 19.1 Å². The highest BCUT2D eigenvalue weighted by atomic mass is 32.2. The molecule has 172 valence electrons. The number of halogens is 2. The number of aromatic nitrogens is 3. The monoisotopic (exact) mass is 470 g/mol. The molecule has 33 heavy (non-hydrogen) atoms. The molecule has 0 fully saturated rings. The Kier molecular flexibility index (Phi) is 6.60. The van der Waals surface area contributed by atoms with Gasteiger partial charge in [0.25, 0.3) is 0 Å². The molecule has 2 heterocycles. The van der Waals surface area contributed by atoms with Gasteiger partial charge in [-0.25, -0.2) is 8.78 Å². The summed E-state index contributed by atoms with van der Waals surface area (Å²) in [5, 5.41) is 9.02. The summed E-state index contributed by atoms with van der Waals surface area (Å²) in [6.07, 6.45) is -0.514. The molecule has 1 amide bonds. The van der Waals surface area contributed by atoms with Crippen LogP contribution >= 0.6 is 11.8 Å². The smallest absolute Gasteiger partial charge is 0.247 e. The van der Waals surface area contributed by atoms with Gasteiger partial charge in [-0.15, -0.1) is 10.2 Å². The van der Waals surface area contributed by atoms with Crippen molar-refractivity contribution in [1.82, 2.24) is 15.2 Å². The molecule has 1 aliphatic heterocycles. The fourth-order valence-electron chi connectivity index (χ4n) is 3.59. The number of ether oxygens (including phenoxy) is 1. The predicted octanol–water partition coefficient (Wildman–Crippen LogP) is 5.57. The van der Waals surface area contributed by atoms with Gasteiger partial charge in [0.15, 0.2) is 17.3 Å². The minimum absolute atomic E-state index is 0.112. The lowest BCUT2D eigenvalue weighted by Gasteiger charge is -2.30. The van der Waals surface area contributed by atoms with Crippen molar-refractivity contribution in [3.8, 4) is 17.1 Å². The molecule has 1 unspecified atom stereocenters. The molecule has 0 N–H and O–H groups in total. The van der Waals surface area contributed by atoms with Crippen molar-refractivity contribution in [2.75, 3.05) is 10.7 Å². The van der Waals surface area contributed by atoms with Gasteiger partial charge >= 0.3 is 0 Å². The van der Waals surface area contributed by atoms with Crippen LogP contribution in [-0.4, -0.2) is 26.8 Å². The zero-order valence-electron chi connectivity index (χ0n) is 18.8. The van der Waals surface area contributed by atoms with E-state index in [-0.39, 0.29) is 11.4 Å². The summed E-state index contributed by atoms with van der Waals surface area (Å²) in [6, 6.07) is 9.34. The first-order valence-electron chi connectivity index (χ1n) is 10.7. The number of carbonyl (C=O) groups is 1. The summed E-state index contributed by atoms with van der Waals surface area (Å²) in [5.41, 5.74) is 2.31. The third-order valence-electron chi connectivity index (χ3n) is 5.21. The maximum atomic E-state index is 14.9. The van der Waals surface area contributed by atoms with E-state index in [4.69, 9.17) is 4.74 Å². The number of rotatable bonds is 5. The lowest BCUT2D eigenvalue weighted by molar-refractivity contribution is -0.118. The van der Waals surface area contributed by atoms with Crippen molar-refractivity contribution in [3.63, 3.8) is 0 Å². The molecular weight excluding hydrogens is 446 g/mol. The number of nitrogens with zero attached hydrogens (tertiary/aromatic N) is 4. The molecule has 1 aliphatic rings. The highest BCUT2D eigenvalue weighted by Gasteiger charge is 2.36. The van der Waals surface area contributed by atoms with Gasteiger partial charge in [-0.3, -0.25) is 9.69 Å². The summed E-state index contributed by atoms with van der Waals surface area (Å²) in [5.74, 6) is -1.21. The number of fused-ring (bicyclic) bond motifs is 3. The van der Waals surface area contributed by atoms with Gasteiger partial charge in [-0.2, -0.15) is 4.98 Å². The van der Waals surface area contributed by atoms with E-state index in [1.165, 1.54) is 35.7 Å². The van der Waals surface area contributed by atoms with E-state index < -0.39 is 23.8 Å². The van der Waals surface area contributed by atoms with E-state index in [2.05, 4.69) is 29.0 Å². The Morgan fingerprint density at radius 2 is 2.00 bits per heavy atom. The van der Waals surface area contributed by atoms with Crippen LogP contribution in [0, 0.1) is 17.6 Å². The van der Waals surface area contributed by atoms with Crippen LogP contribution in [0.1, 0.15) is 45.0 Å². The van der Waals surface area contributed by atoms with E-state index in [0.717, 1.165) is 23.8 Å². The van der Waals surface area contributed by atoms with Crippen molar-refractivity contribution >= 4 is 23.4 Å². The second-order valence-electron chi connectivity index (χ2n) is 8.16. The second-order valence-corrected chi connectivity index (χ2v) is 9.15. The fourth-order valence-corrected chi connectivity index (χ4v) is 4.32. The van der Waals surface area contributed by atoms with Crippen molar-refractivity contribution in [1.29, 1.82) is 0 Å². The first kappa shape index (κ1) is 23.1. The van der Waals surface area contributed by atoms with E-state index >= 15 is 0 Å². The van der Waals surface area contributed by atoms with E-state index in [0.29, 0.717) is 28.0 Å². The Bertz CT molecular complexity index is 1210. The number of thioether (sulfide) groups is 1. The predicted molar refractivity (Wildman–Crippen MR) is 123 cm³/mol. The molecule has 1 aromatic heterocycles. The molecule has 4 rings (SSSR count). The Morgan fingerprint density at radius 1 is 1.21 bits per heavy atom. The summed E-state index contributed by atoms with van der Waals surface area (Å²) < 4.78 is 35.1. The number of benzene rings is 2. The zero-order chi connectivity index (χ0) is 23.7. The normalized spacial score (nSPS) is 15.0. The lowest BCUT2D eigenvalue weighted by atomic mass is 10.0. The van der Waals surface area contributed by atoms with Crippen LogP contribution in [0.4, 0.5) is 14.5 Å². The van der Waals surface area contributed by atoms with Gasteiger partial charge in [0.05, 0.1) is 11.3 Å². The van der Waals surface area contributed by atoms with Gasteiger partial charge in [-0.05, 0) is 36.1 Å². The molecule has 0 bridgehead atoms. The first-order chi connectivity index (χ1) is 15.8. The molecule has 2 aromatic carbocycles.